The van der Waals surface area contributed by atoms with Crippen molar-refractivity contribution in [2.75, 3.05) is 0 Å². The molecule has 3 nitrogen and oxygen atoms in total. The maximum Gasteiger partial charge on any atom is 0.391 e. The number of aliphatic hydroxyl groups excluding tert-OH is 1. The van der Waals surface area contributed by atoms with Crippen LogP contribution in [0, 0.1) is 5.92 Å². The highest BCUT2D eigenvalue weighted by atomic mass is 19.4. The number of amides is 1. The zero-order valence-electron chi connectivity index (χ0n) is 12.1. The van der Waals surface area contributed by atoms with Crippen molar-refractivity contribution in [2.45, 2.75) is 50.4 Å². The van der Waals surface area contributed by atoms with Gasteiger partial charge in [-0.05, 0) is 31.2 Å². The molecule has 1 atom stereocenters. The van der Waals surface area contributed by atoms with Gasteiger partial charge in [-0.25, -0.2) is 0 Å². The van der Waals surface area contributed by atoms with Crippen LogP contribution in [-0.4, -0.2) is 23.2 Å². The Bertz CT molecular complexity index is 482. The van der Waals surface area contributed by atoms with Crippen LogP contribution in [0.15, 0.2) is 30.3 Å². The van der Waals surface area contributed by atoms with Crippen LogP contribution in [0.25, 0.3) is 0 Å². The van der Waals surface area contributed by atoms with Crippen molar-refractivity contribution in [1.29, 1.82) is 0 Å². The molecule has 0 aromatic heterocycles. The molecule has 0 spiro atoms. The quantitative estimate of drug-likeness (QED) is 0.895. The number of aliphatic hydroxyl groups is 1. The number of alkyl halides is 3. The summed E-state index contributed by atoms with van der Waals surface area (Å²) in [6.45, 7) is 0. The summed E-state index contributed by atoms with van der Waals surface area (Å²) < 4.78 is 37.7. The molecule has 1 aliphatic rings. The van der Waals surface area contributed by atoms with Gasteiger partial charge in [-0.3, -0.25) is 4.79 Å². The van der Waals surface area contributed by atoms with Gasteiger partial charge in [0.05, 0.1) is 18.4 Å². The number of hydrogen-bond acceptors (Lipinski definition) is 2. The van der Waals surface area contributed by atoms with E-state index in [9.17, 15) is 23.1 Å². The Morgan fingerprint density at radius 2 is 1.77 bits per heavy atom. The van der Waals surface area contributed by atoms with E-state index in [1.165, 1.54) is 0 Å². The molecule has 2 N–H and O–H groups in total. The van der Waals surface area contributed by atoms with Gasteiger partial charge in [0.2, 0.25) is 5.91 Å². The van der Waals surface area contributed by atoms with E-state index in [1.807, 2.05) is 6.07 Å². The lowest BCUT2D eigenvalue weighted by molar-refractivity contribution is -0.182. The Morgan fingerprint density at radius 1 is 1.18 bits per heavy atom. The fourth-order valence-corrected chi connectivity index (χ4v) is 2.82. The normalized spacial score (nSPS) is 23.8. The van der Waals surface area contributed by atoms with Crippen molar-refractivity contribution >= 4 is 5.91 Å². The van der Waals surface area contributed by atoms with Gasteiger partial charge in [-0.2, -0.15) is 13.2 Å². The third-order valence-electron chi connectivity index (χ3n) is 4.12. The molecule has 0 aliphatic heterocycles. The lowest BCUT2D eigenvalue weighted by atomic mass is 9.85. The third-order valence-corrected chi connectivity index (χ3v) is 4.12. The number of carbonyl (C=O) groups excluding carboxylic acids is 1. The SMILES string of the molecule is O=C(CC(O)c1ccccc1)NC1CCC(C(F)(F)F)CC1. The minimum absolute atomic E-state index is 0.0513. The maximum absolute atomic E-state index is 12.6. The van der Waals surface area contributed by atoms with Crippen LogP contribution in [0.5, 0.6) is 0 Å². The van der Waals surface area contributed by atoms with Crippen molar-refractivity contribution in [3.63, 3.8) is 0 Å². The third kappa shape index (κ3) is 4.73. The van der Waals surface area contributed by atoms with Crippen LogP contribution in [0.2, 0.25) is 0 Å². The number of rotatable bonds is 4. The predicted molar refractivity (Wildman–Crippen MR) is 76.0 cm³/mol. The predicted octanol–water partition coefficient (Wildman–Crippen LogP) is 3.35. The molecule has 1 aromatic carbocycles. The number of carbonyl (C=O) groups is 1. The molecule has 1 aliphatic carbocycles. The molecule has 2 rings (SSSR count). The summed E-state index contributed by atoms with van der Waals surface area (Å²) in [4.78, 5) is 11.9. The Balaban J connectivity index is 1.77. The minimum Gasteiger partial charge on any atom is -0.388 e. The molecule has 6 heteroatoms. The summed E-state index contributed by atoms with van der Waals surface area (Å²) in [6.07, 6.45) is -4.35. The van der Waals surface area contributed by atoms with E-state index in [0.29, 0.717) is 18.4 Å². The number of hydrogen-bond donors (Lipinski definition) is 2. The lowest BCUT2D eigenvalue weighted by Gasteiger charge is -2.30. The van der Waals surface area contributed by atoms with E-state index in [2.05, 4.69) is 5.32 Å². The van der Waals surface area contributed by atoms with Gasteiger partial charge in [-0.1, -0.05) is 30.3 Å². The van der Waals surface area contributed by atoms with Crippen LogP contribution in [0.1, 0.15) is 43.8 Å². The Labute approximate surface area is 127 Å². The summed E-state index contributed by atoms with van der Waals surface area (Å²) in [5.41, 5.74) is 0.651. The first-order valence-corrected chi connectivity index (χ1v) is 7.45. The van der Waals surface area contributed by atoms with Crippen LogP contribution >= 0.6 is 0 Å². The van der Waals surface area contributed by atoms with Crippen molar-refractivity contribution in [3.8, 4) is 0 Å². The summed E-state index contributed by atoms with van der Waals surface area (Å²) in [6, 6.07) is 8.59. The van der Waals surface area contributed by atoms with E-state index in [1.54, 1.807) is 24.3 Å². The second-order valence-corrected chi connectivity index (χ2v) is 5.79. The van der Waals surface area contributed by atoms with Crippen molar-refractivity contribution in [1.82, 2.24) is 5.32 Å². The molecule has 0 heterocycles. The van der Waals surface area contributed by atoms with Gasteiger partial charge in [0, 0.05) is 6.04 Å². The van der Waals surface area contributed by atoms with Gasteiger partial charge < -0.3 is 10.4 Å². The van der Waals surface area contributed by atoms with Gasteiger partial charge >= 0.3 is 6.18 Å². The Morgan fingerprint density at radius 3 is 2.32 bits per heavy atom. The van der Waals surface area contributed by atoms with Gasteiger partial charge in [-0.15, -0.1) is 0 Å². The first-order valence-electron chi connectivity index (χ1n) is 7.45. The fourth-order valence-electron chi connectivity index (χ4n) is 2.82. The molecule has 1 amide bonds. The number of halogens is 3. The zero-order chi connectivity index (χ0) is 16.2. The Kier molecular flexibility index (Phi) is 5.45. The molecule has 0 radical (unpaired) electrons. The second kappa shape index (κ2) is 7.13. The van der Waals surface area contributed by atoms with E-state index in [0.717, 1.165) is 0 Å². The van der Waals surface area contributed by atoms with E-state index in [-0.39, 0.29) is 31.2 Å². The Hall–Kier alpha value is -1.56. The smallest absolute Gasteiger partial charge is 0.388 e. The van der Waals surface area contributed by atoms with E-state index in [4.69, 9.17) is 0 Å². The summed E-state index contributed by atoms with van der Waals surface area (Å²) >= 11 is 0. The molecule has 22 heavy (non-hydrogen) atoms. The van der Waals surface area contributed by atoms with Gasteiger partial charge in [0.25, 0.3) is 0 Å². The standard InChI is InChI=1S/C16H20F3NO2/c17-16(18,19)12-6-8-13(9-7-12)20-15(22)10-14(21)11-4-2-1-3-5-11/h1-5,12-14,21H,6-10H2,(H,20,22). The number of benzene rings is 1. The van der Waals surface area contributed by atoms with Crippen LogP contribution < -0.4 is 5.32 Å². The van der Waals surface area contributed by atoms with Crippen molar-refractivity contribution in [2.24, 2.45) is 5.92 Å². The van der Waals surface area contributed by atoms with Crippen molar-refractivity contribution in [3.05, 3.63) is 35.9 Å². The molecule has 1 fully saturated rings. The molecule has 122 valence electrons. The van der Waals surface area contributed by atoms with Crippen LogP contribution in [0.4, 0.5) is 13.2 Å². The molecule has 0 saturated heterocycles. The molecule has 1 saturated carbocycles. The molecule has 1 unspecified atom stereocenters. The highest BCUT2D eigenvalue weighted by Gasteiger charge is 2.41. The summed E-state index contributed by atoms with van der Waals surface area (Å²) in [5, 5.41) is 12.7. The molecule has 0 bridgehead atoms. The highest BCUT2D eigenvalue weighted by molar-refractivity contribution is 5.77. The second-order valence-electron chi connectivity index (χ2n) is 5.79. The topological polar surface area (TPSA) is 49.3 Å². The average Bonchev–Trinajstić information content (AvgIpc) is 2.47. The van der Waals surface area contributed by atoms with Crippen LogP contribution in [0.3, 0.4) is 0 Å². The average molecular weight is 315 g/mol. The highest BCUT2D eigenvalue weighted by Crippen LogP contribution is 2.37. The largest absolute Gasteiger partial charge is 0.391 e. The zero-order valence-corrected chi connectivity index (χ0v) is 12.1. The first-order chi connectivity index (χ1) is 10.4. The monoisotopic (exact) mass is 315 g/mol. The summed E-state index contributed by atoms with van der Waals surface area (Å²) in [5.74, 6) is -1.58. The summed E-state index contributed by atoms with van der Waals surface area (Å²) in [7, 11) is 0. The minimum atomic E-state index is -4.14. The maximum atomic E-state index is 12.6. The molecular formula is C16H20F3NO2. The fraction of sp³-hybridized carbons (Fsp3) is 0.562. The van der Waals surface area contributed by atoms with E-state index >= 15 is 0 Å². The van der Waals surface area contributed by atoms with E-state index < -0.39 is 18.2 Å². The first kappa shape index (κ1) is 16.8. The molecular weight excluding hydrogens is 295 g/mol. The van der Waals surface area contributed by atoms with Crippen LogP contribution in [-0.2, 0) is 4.79 Å². The number of nitrogens with one attached hydrogen (secondary N) is 1. The molecule has 1 aromatic rings. The lowest BCUT2D eigenvalue weighted by Crippen LogP contribution is -2.40. The van der Waals surface area contributed by atoms with Crippen molar-refractivity contribution < 1.29 is 23.1 Å². The van der Waals surface area contributed by atoms with Gasteiger partial charge in [0.15, 0.2) is 0 Å². The van der Waals surface area contributed by atoms with Gasteiger partial charge in [0.1, 0.15) is 0 Å².